The molecular formula is C25H38O5. The summed E-state index contributed by atoms with van der Waals surface area (Å²) in [5, 5.41) is 0. The molecule has 0 unspecified atom stereocenters. The maximum absolute atomic E-state index is 12.5. The summed E-state index contributed by atoms with van der Waals surface area (Å²) < 4.78 is 11.4. The number of hydrogen-bond acceptors (Lipinski definition) is 5. The fourth-order valence-electron chi connectivity index (χ4n) is 8.34. The number of Topliss-reactive ketones (excluding diaryl/α,β-unsaturated/α-hetero) is 1. The summed E-state index contributed by atoms with van der Waals surface area (Å²) in [5.41, 5.74) is -0.617. The molecule has 5 nitrogen and oxygen atoms in total. The van der Waals surface area contributed by atoms with Gasteiger partial charge in [-0.3, -0.25) is 14.4 Å². The summed E-state index contributed by atoms with van der Waals surface area (Å²) in [4.78, 5) is 35.9. The highest BCUT2D eigenvalue weighted by molar-refractivity contribution is 5.87. The first-order chi connectivity index (χ1) is 14.0. The van der Waals surface area contributed by atoms with E-state index in [2.05, 4.69) is 13.8 Å². The van der Waals surface area contributed by atoms with Crippen molar-refractivity contribution in [1.29, 1.82) is 0 Å². The van der Waals surface area contributed by atoms with E-state index >= 15 is 0 Å². The second kappa shape index (κ2) is 7.34. The van der Waals surface area contributed by atoms with Crippen LogP contribution in [0.5, 0.6) is 0 Å². The summed E-state index contributed by atoms with van der Waals surface area (Å²) in [6.45, 7) is 9.31. The van der Waals surface area contributed by atoms with Crippen LogP contribution < -0.4 is 0 Å². The van der Waals surface area contributed by atoms with E-state index in [9.17, 15) is 14.4 Å². The zero-order valence-electron chi connectivity index (χ0n) is 19.3. The van der Waals surface area contributed by atoms with Crippen molar-refractivity contribution in [3.63, 3.8) is 0 Å². The van der Waals surface area contributed by atoms with Gasteiger partial charge in [0.15, 0.2) is 11.4 Å². The molecule has 0 amide bonds. The maximum atomic E-state index is 12.5. The van der Waals surface area contributed by atoms with Crippen LogP contribution in [0.2, 0.25) is 0 Å². The quantitative estimate of drug-likeness (QED) is 0.613. The molecule has 0 radical (unpaired) electrons. The molecule has 4 aliphatic carbocycles. The van der Waals surface area contributed by atoms with Gasteiger partial charge >= 0.3 is 11.9 Å². The first-order valence-corrected chi connectivity index (χ1v) is 11.9. The summed E-state index contributed by atoms with van der Waals surface area (Å²) in [7, 11) is 0. The molecular weight excluding hydrogens is 380 g/mol. The Morgan fingerprint density at radius 3 is 2.10 bits per heavy atom. The Hall–Kier alpha value is -1.39. The van der Waals surface area contributed by atoms with Crippen LogP contribution in [-0.4, -0.2) is 29.4 Å². The number of carbonyl (C=O) groups is 3. The van der Waals surface area contributed by atoms with Gasteiger partial charge < -0.3 is 9.47 Å². The largest absolute Gasteiger partial charge is 0.462 e. The van der Waals surface area contributed by atoms with Gasteiger partial charge in [-0.25, -0.2) is 0 Å². The minimum absolute atomic E-state index is 0.00175. The van der Waals surface area contributed by atoms with E-state index in [0.717, 1.165) is 32.1 Å². The van der Waals surface area contributed by atoms with Crippen molar-refractivity contribution in [3.8, 4) is 0 Å². The van der Waals surface area contributed by atoms with Crippen molar-refractivity contribution in [2.75, 3.05) is 0 Å². The second-order valence-electron chi connectivity index (χ2n) is 11.2. The highest BCUT2D eigenvalue weighted by atomic mass is 16.6. The fourth-order valence-corrected chi connectivity index (χ4v) is 8.34. The molecule has 0 aliphatic heterocycles. The topological polar surface area (TPSA) is 69.7 Å². The van der Waals surface area contributed by atoms with Gasteiger partial charge in [-0.1, -0.05) is 13.8 Å². The van der Waals surface area contributed by atoms with Crippen LogP contribution in [0.15, 0.2) is 0 Å². The third-order valence-electron chi connectivity index (χ3n) is 9.91. The SMILES string of the molecule is CC(=O)O[C@H]1CC[C@H]2[C@@H]3CC[C@H]4C[C@](OC(C)=O)(C(C)=O)CC[C@]4(C)[C@H]3CC[C@]12C. The van der Waals surface area contributed by atoms with Gasteiger partial charge in [0.25, 0.3) is 0 Å². The van der Waals surface area contributed by atoms with Crippen molar-refractivity contribution < 1.29 is 23.9 Å². The highest BCUT2D eigenvalue weighted by Gasteiger charge is 2.63. The lowest BCUT2D eigenvalue weighted by molar-refractivity contribution is -0.188. The summed E-state index contributed by atoms with van der Waals surface area (Å²) in [6, 6.07) is 0. The lowest BCUT2D eigenvalue weighted by Gasteiger charge is -2.61. The van der Waals surface area contributed by atoms with E-state index < -0.39 is 5.60 Å². The molecule has 4 rings (SSSR count). The lowest BCUT2D eigenvalue weighted by Crippen LogP contribution is -2.58. The molecule has 0 bridgehead atoms. The summed E-state index contributed by atoms with van der Waals surface area (Å²) in [5.74, 6) is 1.85. The fraction of sp³-hybridized carbons (Fsp3) is 0.880. The predicted molar refractivity (Wildman–Crippen MR) is 112 cm³/mol. The van der Waals surface area contributed by atoms with E-state index in [0.29, 0.717) is 36.5 Å². The van der Waals surface area contributed by atoms with Gasteiger partial charge in [-0.05, 0) is 93.8 Å². The molecule has 0 spiro atoms. The molecule has 0 aromatic heterocycles. The van der Waals surface area contributed by atoms with Crippen molar-refractivity contribution in [1.82, 2.24) is 0 Å². The molecule has 0 N–H and O–H groups in total. The number of esters is 2. The Balaban J connectivity index is 1.56. The van der Waals surface area contributed by atoms with Gasteiger partial charge in [0.1, 0.15) is 6.10 Å². The Morgan fingerprint density at radius 1 is 0.767 bits per heavy atom. The van der Waals surface area contributed by atoms with Crippen LogP contribution >= 0.6 is 0 Å². The van der Waals surface area contributed by atoms with Crippen molar-refractivity contribution >= 4 is 17.7 Å². The second-order valence-corrected chi connectivity index (χ2v) is 11.2. The number of rotatable bonds is 3. The molecule has 168 valence electrons. The highest BCUT2D eigenvalue weighted by Crippen LogP contribution is 2.67. The molecule has 0 heterocycles. The third kappa shape index (κ3) is 3.22. The van der Waals surface area contributed by atoms with Gasteiger partial charge in [0.05, 0.1) is 0 Å². The van der Waals surface area contributed by atoms with Gasteiger partial charge in [0, 0.05) is 19.3 Å². The number of ketones is 1. The Bertz CT molecular complexity index is 746. The molecule has 0 aromatic rings. The van der Waals surface area contributed by atoms with Crippen LogP contribution in [0.25, 0.3) is 0 Å². The number of carbonyl (C=O) groups excluding carboxylic acids is 3. The van der Waals surface area contributed by atoms with E-state index in [1.807, 2.05) is 0 Å². The molecule has 4 saturated carbocycles. The smallest absolute Gasteiger partial charge is 0.303 e. The molecule has 0 saturated heterocycles. The average molecular weight is 419 g/mol. The maximum Gasteiger partial charge on any atom is 0.303 e. The molecule has 30 heavy (non-hydrogen) atoms. The number of ether oxygens (including phenoxy) is 2. The van der Waals surface area contributed by atoms with Crippen LogP contribution in [-0.2, 0) is 23.9 Å². The minimum atomic E-state index is -0.917. The van der Waals surface area contributed by atoms with Crippen molar-refractivity contribution in [2.24, 2.45) is 34.5 Å². The van der Waals surface area contributed by atoms with E-state index in [-0.39, 0.29) is 34.7 Å². The van der Waals surface area contributed by atoms with Crippen LogP contribution in [0, 0.1) is 34.5 Å². The normalized spacial score (nSPS) is 47.4. The Kier molecular flexibility index (Phi) is 5.34. The first-order valence-electron chi connectivity index (χ1n) is 11.9. The lowest BCUT2D eigenvalue weighted by atomic mass is 9.44. The number of fused-ring (bicyclic) bond motifs is 5. The van der Waals surface area contributed by atoms with Gasteiger partial charge in [-0.2, -0.15) is 0 Å². The zero-order chi connectivity index (χ0) is 21.9. The van der Waals surface area contributed by atoms with E-state index in [4.69, 9.17) is 9.47 Å². The molecule has 5 heteroatoms. The Labute approximate surface area is 180 Å². The summed E-state index contributed by atoms with van der Waals surface area (Å²) >= 11 is 0. The molecule has 4 fully saturated rings. The zero-order valence-corrected chi connectivity index (χ0v) is 19.3. The third-order valence-corrected chi connectivity index (χ3v) is 9.91. The van der Waals surface area contributed by atoms with E-state index in [1.54, 1.807) is 6.92 Å². The molecule has 0 aromatic carbocycles. The first kappa shape index (κ1) is 21.8. The molecule has 4 aliphatic rings. The summed E-state index contributed by atoms with van der Waals surface area (Å²) in [6.07, 6.45) is 9.03. The Morgan fingerprint density at radius 2 is 1.47 bits per heavy atom. The monoisotopic (exact) mass is 418 g/mol. The van der Waals surface area contributed by atoms with Crippen LogP contribution in [0.1, 0.15) is 92.4 Å². The minimum Gasteiger partial charge on any atom is -0.462 e. The van der Waals surface area contributed by atoms with Crippen LogP contribution in [0.4, 0.5) is 0 Å². The van der Waals surface area contributed by atoms with Gasteiger partial charge in [-0.15, -0.1) is 0 Å². The molecule has 8 atom stereocenters. The predicted octanol–water partition coefficient (Wildman–Crippen LogP) is 4.85. The standard InChI is InChI=1S/C25H38O5/c1-15(26)25(30-17(3)28)13-12-23(4)18(14-25)6-7-19-20-8-9-22(29-16(2)27)24(20,5)11-10-21(19)23/h18-22H,6-14H2,1-5H3/t18-,19-,20-,21-,22-,23-,24-,25-/m0/s1. The van der Waals surface area contributed by atoms with Gasteiger partial charge in [0.2, 0.25) is 0 Å². The van der Waals surface area contributed by atoms with Crippen LogP contribution in [0.3, 0.4) is 0 Å². The van der Waals surface area contributed by atoms with Crippen molar-refractivity contribution in [3.05, 3.63) is 0 Å². The van der Waals surface area contributed by atoms with Crippen molar-refractivity contribution in [2.45, 2.75) is 104 Å². The van der Waals surface area contributed by atoms with E-state index in [1.165, 1.54) is 26.7 Å². The number of hydrogen-bond donors (Lipinski definition) is 0. The average Bonchev–Trinajstić information content (AvgIpc) is 2.97.